The fraction of sp³-hybridized carbons (Fsp3) is 0.474. The van der Waals surface area contributed by atoms with Crippen LogP contribution in [0.2, 0.25) is 0 Å². The molecule has 1 unspecified atom stereocenters. The molecule has 0 bridgehead atoms. The number of nitrogens with one attached hydrogen (secondary N) is 1. The Bertz CT molecular complexity index is 602. The quantitative estimate of drug-likeness (QED) is 0.734. The maximum absolute atomic E-state index is 3.76. The standard InChI is InChI=1S/C19H24BrN/c1-2-21-19(14-8-4-3-5-9-14)17-12-13-18(20)16-11-7-6-10-15(16)17/h6-7,10-14,19,21H,2-5,8-9H2,1H3. The van der Waals surface area contributed by atoms with Crippen molar-refractivity contribution in [2.24, 2.45) is 5.92 Å². The molecule has 112 valence electrons. The van der Waals surface area contributed by atoms with Crippen molar-refractivity contribution in [3.05, 3.63) is 46.4 Å². The molecule has 2 aromatic rings. The summed E-state index contributed by atoms with van der Waals surface area (Å²) < 4.78 is 1.20. The molecule has 0 aromatic heterocycles. The predicted octanol–water partition coefficient (Wildman–Crippen LogP) is 5.83. The number of fused-ring (bicyclic) bond motifs is 1. The highest BCUT2D eigenvalue weighted by molar-refractivity contribution is 9.10. The minimum atomic E-state index is 0.494. The van der Waals surface area contributed by atoms with E-state index in [0.717, 1.165) is 12.5 Å². The maximum Gasteiger partial charge on any atom is 0.0354 e. The Labute approximate surface area is 136 Å². The van der Waals surface area contributed by atoms with Crippen LogP contribution in [0, 0.1) is 5.92 Å². The van der Waals surface area contributed by atoms with Gasteiger partial charge in [0.25, 0.3) is 0 Å². The van der Waals surface area contributed by atoms with E-state index < -0.39 is 0 Å². The van der Waals surface area contributed by atoms with Crippen molar-refractivity contribution in [1.82, 2.24) is 5.32 Å². The second kappa shape index (κ2) is 6.93. The van der Waals surface area contributed by atoms with Gasteiger partial charge < -0.3 is 5.32 Å². The lowest BCUT2D eigenvalue weighted by Crippen LogP contribution is -2.29. The SMILES string of the molecule is CCNC(c1ccc(Br)c2ccccc12)C1CCCCC1. The van der Waals surface area contributed by atoms with Gasteiger partial charge in [-0.15, -0.1) is 0 Å². The van der Waals surface area contributed by atoms with Crippen LogP contribution in [-0.2, 0) is 0 Å². The highest BCUT2D eigenvalue weighted by Crippen LogP contribution is 2.38. The summed E-state index contributed by atoms with van der Waals surface area (Å²) in [6, 6.07) is 13.8. The molecule has 2 heteroatoms. The molecule has 1 aliphatic rings. The van der Waals surface area contributed by atoms with Gasteiger partial charge in [-0.25, -0.2) is 0 Å². The van der Waals surface area contributed by atoms with Crippen molar-refractivity contribution in [2.75, 3.05) is 6.54 Å². The molecule has 1 saturated carbocycles. The van der Waals surface area contributed by atoms with E-state index in [1.807, 2.05) is 0 Å². The Morgan fingerprint density at radius 1 is 1.05 bits per heavy atom. The predicted molar refractivity (Wildman–Crippen MR) is 94.6 cm³/mol. The van der Waals surface area contributed by atoms with Crippen LogP contribution in [0.15, 0.2) is 40.9 Å². The van der Waals surface area contributed by atoms with Crippen LogP contribution in [0.3, 0.4) is 0 Å². The second-order valence-electron chi connectivity index (χ2n) is 6.12. The van der Waals surface area contributed by atoms with Crippen LogP contribution in [0.4, 0.5) is 0 Å². The second-order valence-corrected chi connectivity index (χ2v) is 6.97. The molecule has 3 rings (SSSR count). The fourth-order valence-electron chi connectivity index (χ4n) is 3.77. The first kappa shape index (κ1) is 15.1. The van der Waals surface area contributed by atoms with Crippen molar-refractivity contribution in [1.29, 1.82) is 0 Å². The lowest BCUT2D eigenvalue weighted by atomic mass is 9.80. The summed E-state index contributed by atoms with van der Waals surface area (Å²) in [5, 5.41) is 6.48. The van der Waals surface area contributed by atoms with Gasteiger partial charge in [0.2, 0.25) is 0 Å². The van der Waals surface area contributed by atoms with E-state index in [-0.39, 0.29) is 0 Å². The Hall–Kier alpha value is -0.860. The zero-order valence-electron chi connectivity index (χ0n) is 12.7. The summed E-state index contributed by atoms with van der Waals surface area (Å²) in [4.78, 5) is 0. The Morgan fingerprint density at radius 2 is 1.76 bits per heavy atom. The zero-order chi connectivity index (χ0) is 14.7. The third kappa shape index (κ3) is 3.17. The first-order chi connectivity index (χ1) is 10.3. The molecule has 1 aliphatic carbocycles. The molecule has 0 radical (unpaired) electrons. The summed E-state index contributed by atoms with van der Waals surface area (Å²) >= 11 is 3.69. The number of hydrogen-bond donors (Lipinski definition) is 1. The van der Waals surface area contributed by atoms with Crippen molar-refractivity contribution < 1.29 is 0 Å². The third-order valence-corrected chi connectivity index (χ3v) is 5.48. The smallest absolute Gasteiger partial charge is 0.0354 e. The number of rotatable bonds is 4. The van der Waals surface area contributed by atoms with Gasteiger partial charge in [-0.3, -0.25) is 0 Å². The summed E-state index contributed by atoms with van der Waals surface area (Å²) in [6.45, 7) is 3.25. The molecule has 0 spiro atoms. The van der Waals surface area contributed by atoms with E-state index in [1.54, 1.807) is 0 Å². The van der Waals surface area contributed by atoms with Crippen LogP contribution in [0.5, 0.6) is 0 Å². The van der Waals surface area contributed by atoms with Crippen LogP contribution in [0.25, 0.3) is 10.8 Å². The molecule has 2 aromatic carbocycles. The van der Waals surface area contributed by atoms with Gasteiger partial charge in [-0.1, -0.05) is 72.4 Å². The molecular formula is C19H24BrN. The lowest BCUT2D eigenvalue weighted by Gasteiger charge is -2.32. The number of benzene rings is 2. The molecule has 1 fully saturated rings. The molecule has 0 saturated heterocycles. The molecule has 1 atom stereocenters. The highest BCUT2D eigenvalue weighted by atomic mass is 79.9. The van der Waals surface area contributed by atoms with Crippen LogP contribution >= 0.6 is 15.9 Å². The Morgan fingerprint density at radius 3 is 2.48 bits per heavy atom. The van der Waals surface area contributed by atoms with Gasteiger partial charge in [0.15, 0.2) is 0 Å². The third-order valence-electron chi connectivity index (χ3n) is 4.78. The normalized spacial score (nSPS) is 18.0. The van der Waals surface area contributed by atoms with Crippen molar-refractivity contribution in [3.63, 3.8) is 0 Å². The zero-order valence-corrected chi connectivity index (χ0v) is 14.3. The molecule has 21 heavy (non-hydrogen) atoms. The highest BCUT2D eigenvalue weighted by Gasteiger charge is 2.25. The average Bonchev–Trinajstić information content (AvgIpc) is 2.55. The van der Waals surface area contributed by atoms with E-state index in [4.69, 9.17) is 0 Å². The summed E-state index contributed by atoms with van der Waals surface area (Å²) in [7, 11) is 0. The van der Waals surface area contributed by atoms with Crippen LogP contribution < -0.4 is 5.32 Å². The molecular weight excluding hydrogens is 322 g/mol. The maximum atomic E-state index is 3.76. The van der Waals surface area contributed by atoms with Gasteiger partial charge in [-0.2, -0.15) is 0 Å². The van der Waals surface area contributed by atoms with Crippen LogP contribution in [-0.4, -0.2) is 6.54 Å². The van der Waals surface area contributed by atoms with Crippen LogP contribution in [0.1, 0.15) is 50.6 Å². The fourth-order valence-corrected chi connectivity index (χ4v) is 4.25. The lowest BCUT2D eigenvalue weighted by molar-refractivity contribution is 0.275. The van der Waals surface area contributed by atoms with Gasteiger partial charge in [0.05, 0.1) is 0 Å². The Kier molecular flexibility index (Phi) is 4.97. The Balaban J connectivity index is 2.04. The van der Waals surface area contributed by atoms with E-state index in [1.165, 1.54) is 52.9 Å². The first-order valence-electron chi connectivity index (χ1n) is 8.21. The molecule has 0 heterocycles. The number of halogens is 1. The molecule has 1 N–H and O–H groups in total. The molecule has 1 nitrogen and oxygen atoms in total. The van der Waals surface area contributed by atoms with E-state index >= 15 is 0 Å². The van der Waals surface area contributed by atoms with Gasteiger partial charge in [0.1, 0.15) is 0 Å². The summed E-state index contributed by atoms with van der Waals surface area (Å²) in [5.74, 6) is 0.781. The van der Waals surface area contributed by atoms with Crippen molar-refractivity contribution >= 4 is 26.7 Å². The largest absolute Gasteiger partial charge is 0.310 e. The number of hydrogen-bond acceptors (Lipinski definition) is 1. The molecule has 0 aliphatic heterocycles. The minimum Gasteiger partial charge on any atom is -0.310 e. The van der Waals surface area contributed by atoms with Gasteiger partial charge in [-0.05, 0) is 47.7 Å². The topological polar surface area (TPSA) is 12.0 Å². The van der Waals surface area contributed by atoms with E-state index in [0.29, 0.717) is 6.04 Å². The summed E-state index contributed by atoms with van der Waals surface area (Å²) in [6.07, 6.45) is 6.92. The monoisotopic (exact) mass is 345 g/mol. The minimum absolute atomic E-state index is 0.494. The van der Waals surface area contributed by atoms with E-state index in [9.17, 15) is 0 Å². The molecule has 0 amide bonds. The first-order valence-corrected chi connectivity index (χ1v) is 9.01. The van der Waals surface area contributed by atoms with E-state index in [2.05, 4.69) is 64.6 Å². The average molecular weight is 346 g/mol. The van der Waals surface area contributed by atoms with Gasteiger partial charge in [0, 0.05) is 10.5 Å². The van der Waals surface area contributed by atoms with Crippen molar-refractivity contribution in [2.45, 2.75) is 45.1 Å². The van der Waals surface area contributed by atoms with Gasteiger partial charge >= 0.3 is 0 Å². The van der Waals surface area contributed by atoms with Crippen molar-refractivity contribution in [3.8, 4) is 0 Å². The summed E-state index contributed by atoms with van der Waals surface area (Å²) in [5.41, 5.74) is 1.47.